The molecule has 9 nitrogen and oxygen atoms in total. The average Bonchev–Trinajstić information content (AvgIpc) is 3.37. The SMILES string of the molecule is Cn1nccc1NC(=O)Cc1noc(C2CCCN(C(=O)c3ccccc3)C2)n1. The molecule has 0 bridgehead atoms. The molecule has 0 spiro atoms. The molecule has 9 heteroatoms. The molecule has 1 aliphatic rings. The highest BCUT2D eigenvalue weighted by molar-refractivity contribution is 5.94. The van der Waals surface area contributed by atoms with E-state index in [-0.39, 0.29) is 24.2 Å². The minimum Gasteiger partial charge on any atom is -0.339 e. The van der Waals surface area contributed by atoms with Gasteiger partial charge in [0.05, 0.1) is 18.5 Å². The maximum absolute atomic E-state index is 12.7. The Morgan fingerprint density at radius 3 is 2.83 bits per heavy atom. The Bertz CT molecular complexity index is 997. The molecule has 1 fully saturated rings. The molecular formula is C20H22N6O3. The van der Waals surface area contributed by atoms with Crippen LogP contribution in [0.4, 0.5) is 5.82 Å². The summed E-state index contributed by atoms with van der Waals surface area (Å²) in [5.74, 6) is 1.13. The van der Waals surface area contributed by atoms with Gasteiger partial charge in [-0.2, -0.15) is 10.1 Å². The van der Waals surface area contributed by atoms with Crippen molar-refractivity contribution in [3.8, 4) is 0 Å². The molecule has 3 aromatic rings. The Balaban J connectivity index is 1.38. The molecule has 1 aliphatic heterocycles. The highest BCUT2D eigenvalue weighted by Gasteiger charge is 2.29. The summed E-state index contributed by atoms with van der Waals surface area (Å²) >= 11 is 0. The summed E-state index contributed by atoms with van der Waals surface area (Å²) in [6.07, 6.45) is 3.34. The van der Waals surface area contributed by atoms with Crippen LogP contribution in [-0.4, -0.2) is 49.7 Å². The van der Waals surface area contributed by atoms with E-state index in [0.717, 1.165) is 12.8 Å². The van der Waals surface area contributed by atoms with Crippen molar-refractivity contribution in [3.63, 3.8) is 0 Å². The maximum Gasteiger partial charge on any atom is 0.253 e. The molecule has 1 N–H and O–H groups in total. The Morgan fingerprint density at radius 1 is 1.24 bits per heavy atom. The molecule has 2 amide bonds. The number of nitrogens with one attached hydrogen (secondary N) is 1. The molecule has 4 rings (SSSR count). The lowest BCUT2D eigenvalue weighted by Gasteiger charge is -2.31. The van der Waals surface area contributed by atoms with E-state index in [1.165, 1.54) is 0 Å². The number of hydrogen-bond acceptors (Lipinski definition) is 6. The highest BCUT2D eigenvalue weighted by Crippen LogP contribution is 2.26. The molecule has 150 valence electrons. The second-order valence-corrected chi connectivity index (χ2v) is 7.07. The zero-order chi connectivity index (χ0) is 20.2. The van der Waals surface area contributed by atoms with Crippen LogP contribution in [0.25, 0.3) is 0 Å². The van der Waals surface area contributed by atoms with Crippen molar-refractivity contribution in [2.45, 2.75) is 25.2 Å². The predicted molar refractivity (Wildman–Crippen MR) is 104 cm³/mol. The smallest absolute Gasteiger partial charge is 0.253 e. The van der Waals surface area contributed by atoms with Gasteiger partial charge < -0.3 is 14.7 Å². The topological polar surface area (TPSA) is 106 Å². The van der Waals surface area contributed by atoms with Gasteiger partial charge in [-0.25, -0.2) is 0 Å². The van der Waals surface area contributed by atoms with E-state index in [4.69, 9.17) is 4.52 Å². The summed E-state index contributed by atoms with van der Waals surface area (Å²) in [6, 6.07) is 10.9. The summed E-state index contributed by atoms with van der Waals surface area (Å²) in [5, 5.41) is 10.7. The van der Waals surface area contributed by atoms with Crippen LogP contribution in [0.2, 0.25) is 0 Å². The van der Waals surface area contributed by atoms with Gasteiger partial charge in [0, 0.05) is 31.8 Å². The fraction of sp³-hybridized carbons (Fsp3) is 0.350. The van der Waals surface area contributed by atoms with Gasteiger partial charge in [-0.05, 0) is 25.0 Å². The van der Waals surface area contributed by atoms with Crippen molar-refractivity contribution in [2.24, 2.45) is 7.05 Å². The van der Waals surface area contributed by atoms with E-state index in [1.807, 2.05) is 35.2 Å². The van der Waals surface area contributed by atoms with Crippen LogP contribution >= 0.6 is 0 Å². The molecule has 1 unspecified atom stereocenters. The number of aryl methyl sites for hydroxylation is 1. The van der Waals surface area contributed by atoms with E-state index in [2.05, 4.69) is 20.6 Å². The molecule has 1 aromatic carbocycles. The van der Waals surface area contributed by atoms with Crippen LogP contribution in [0.15, 0.2) is 47.1 Å². The summed E-state index contributed by atoms with van der Waals surface area (Å²) < 4.78 is 6.97. The maximum atomic E-state index is 12.7. The van der Waals surface area contributed by atoms with Gasteiger partial charge in [0.1, 0.15) is 5.82 Å². The number of rotatable bonds is 5. The molecule has 1 atom stereocenters. The Hall–Kier alpha value is -3.49. The van der Waals surface area contributed by atoms with Crippen molar-refractivity contribution in [3.05, 3.63) is 59.9 Å². The lowest BCUT2D eigenvalue weighted by molar-refractivity contribution is -0.115. The van der Waals surface area contributed by atoms with Crippen molar-refractivity contribution in [1.29, 1.82) is 0 Å². The van der Waals surface area contributed by atoms with E-state index in [0.29, 0.717) is 36.2 Å². The first-order valence-electron chi connectivity index (χ1n) is 9.55. The minimum atomic E-state index is -0.245. The summed E-state index contributed by atoms with van der Waals surface area (Å²) in [6.45, 7) is 1.23. The Kier molecular flexibility index (Phi) is 5.37. The normalized spacial score (nSPS) is 16.6. The number of carbonyl (C=O) groups is 2. The van der Waals surface area contributed by atoms with E-state index in [9.17, 15) is 9.59 Å². The van der Waals surface area contributed by atoms with Crippen LogP contribution < -0.4 is 5.32 Å². The second kappa shape index (κ2) is 8.26. The van der Waals surface area contributed by atoms with Gasteiger partial charge in [0.25, 0.3) is 5.91 Å². The van der Waals surface area contributed by atoms with Crippen LogP contribution in [0.3, 0.4) is 0 Å². The standard InChI is InChI=1S/C20H22N6O3/c1-25-17(9-10-21-25)23-18(27)12-16-22-19(29-24-16)15-8-5-11-26(13-15)20(28)14-6-3-2-4-7-14/h2-4,6-7,9-10,15H,5,8,11-13H2,1H3,(H,23,27). The van der Waals surface area contributed by atoms with Gasteiger partial charge in [0.15, 0.2) is 5.82 Å². The van der Waals surface area contributed by atoms with Gasteiger partial charge in [0.2, 0.25) is 11.8 Å². The fourth-order valence-electron chi connectivity index (χ4n) is 3.46. The molecule has 0 radical (unpaired) electrons. The predicted octanol–water partition coefficient (Wildman–Crippen LogP) is 2.00. The average molecular weight is 394 g/mol. The van der Waals surface area contributed by atoms with Crippen molar-refractivity contribution < 1.29 is 14.1 Å². The lowest BCUT2D eigenvalue weighted by Crippen LogP contribution is -2.39. The van der Waals surface area contributed by atoms with Crippen LogP contribution in [-0.2, 0) is 18.3 Å². The van der Waals surface area contributed by atoms with E-state index in [1.54, 1.807) is 24.0 Å². The molecule has 2 aromatic heterocycles. The van der Waals surface area contributed by atoms with Gasteiger partial charge in [-0.3, -0.25) is 14.3 Å². The number of amides is 2. The third-order valence-electron chi connectivity index (χ3n) is 4.97. The van der Waals surface area contributed by atoms with Gasteiger partial charge in [-0.1, -0.05) is 23.4 Å². The largest absolute Gasteiger partial charge is 0.339 e. The summed E-state index contributed by atoms with van der Waals surface area (Å²) in [5.41, 5.74) is 0.672. The number of aromatic nitrogens is 4. The molecule has 29 heavy (non-hydrogen) atoms. The first kappa shape index (κ1) is 18.9. The third kappa shape index (κ3) is 4.34. The number of likely N-dealkylation sites (tertiary alicyclic amines) is 1. The van der Waals surface area contributed by atoms with Crippen LogP contribution in [0.5, 0.6) is 0 Å². The first-order chi connectivity index (χ1) is 14.1. The monoisotopic (exact) mass is 394 g/mol. The van der Waals surface area contributed by atoms with Crippen molar-refractivity contribution >= 4 is 17.6 Å². The van der Waals surface area contributed by atoms with Crippen LogP contribution in [0.1, 0.15) is 40.8 Å². The van der Waals surface area contributed by atoms with E-state index < -0.39 is 0 Å². The second-order valence-electron chi connectivity index (χ2n) is 7.07. The van der Waals surface area contributed by atoms with Crippen LogP contribution in [0, 0.1) is 0 Å². The molecule has 0 saturated carbocycles. The Morgan fingerprint density at radius 2 is 2.07 bits per heavy atom. The third-order valence-corrected chi connectivity index (χ3v) is 4.97. The van der Waals surface area contributed by atoms with Crippen molar-refractivity contribution in [2.75, 3.05) is 18.4 Å². The number of carbonyl (C=O) groups excluding carboxylic acids is 2. The molecular weight excluding hydrogens is 372 g/mol. The summed E-state index contributed by atoms with van der Waals surface area (Å²) in [7, 11) is 1.74. The van der Waals surface area contributed by atoms with Gasteiger partial charge >= 0.3 is 0 Å². The molecule has 1 saturated heterocycles. The van der Waals surface area contributed by atoms with Gasteiger partial charge in [-0.15, -0.1) is 0 Å². The minimum absolute atomic E-state index is 0.00518. The number of anilines is 1. The first-order valence-corrected chi connectivity index (χ1v) is 9.55. The lowest BCUT2D eigenvalue weighted by atomic mass is 9.97. The quantitative estimate of drug-likeness (QED) is 0.709. The van der Waals surface area contributed by atoms with E-state index >= 15 is 0 Å². The molecule has 3 heterocycles. The Labute approximate surface area is 167 Å². The zero-order valence-corrected chi connectivity index (χ0v) is 16.1. The summed E-state index contributed by atoms with van der Waals surface area (Å²) in [4.78, 5) is 31.1. The number of piperidine rings is 1. The number of nitrogens with zero attached hydrogens (tertiary/aromatic N) is 5. The zero-order valence-electron chi connectivity index (χ0n) is 16.1. The molecule has 0 aliphatic carbocycles. The number of hydrogen-bond donors (Lipinski definition) is 1. The van der Waals surface area contributed by atoms with Crippen molar-refractivity contribution in [1.82, 2.24) is 24.8 Å². The fourth-order valence-corrected chi connectivity index (χ4v) is 3.46. The highest BCUT2D eigenvalue weighted by atomic mass is 16.5. The number of benzene rings is 1.